The second-order valence-electron chi connectivity index (χ2n) is 4.40. The summed E-state index contributed by atoms with van der Waals surface area (Å²) in [6, 6.07) is 2.42. The average molecular weight is 308 g/mol. The molecule has 8 heteroatoms. The minimum atomic E-state index is -1.08. The van der Waals surface area contributed by atoms with Crippen LogP contribution < -0.4 is 5.32 Å². The standard InChI is InChI=1S/C13H12N2O5S/c1-7-12(19)14-10(16)6-15(7)13(20)9-4-2-8(21-9)3-5-11(17)18/h2-5,7H,6H2,1H3,(H,17,18)(H,14,16,19). The van der Waals surface area contributed by atoms with Crippen molar-refractivity contribution in [2.45, 2.75) is 13.0 Å². The molecular weight excluding hydrogens is 296 g/mol. The highest BCUT2D eigenvalue weighted by atomic mass is 32.1. The molecule has 2 N–H and O–H groups in total. The van der Waals surface area contributed by atoms with Gasteiger partial charge in [0, 0.05) is 11.0 Å². The van der Waals surface area contributed by atoms with Crippen LogP contribution in [0.2, 0.25) is 0 Å². The summed E-state index contributed by atoms with van der Waals surface area (Å²) in [6.45, 7) is 1.36. The Kier molecular flexibility index (Phi) is 4.18. The second kappa shape index (κ2) is 5.88. The molecule has 0 spiro atoms. The molecule has 1 atom stereocenters. The number of carboxylic acids is 1. The van der Waals surface area contributed by atoms with Gasteiger partial charge in [0.2, 0.25) is 11.8 Å². The fourth-order valence-corrected chi connectivity index (χ4v) is 2.68. The predicted molar refractivity (Wildman–Crippen MR) is 74.6 cm³/mol. The van der Waals surface area contributed by atoms with Crippen LogP contribution in [0.15, 0.2) is 18.2 Å². The first-order valence-electron chi connectivity index (χ1n) is 6.04. The Bertz CT molecular complexity index is 649. The van der Waals surface area contributed by atoms with E-state index in [0.717, 1.165) is 17.4 Å². The molecule has 1 unspecified atom stereocenters. The lowest BCUT2D eigenvalue weighted by molar-refractivity contribution is -0.138. The van der Waals surface area contributed by atoms with E-state index in [9.17, 15) is 19.2 Å². The monoisotopic (exact) mass is 308 g/mol. The number of carboxylic acid groups (broad SMARTS) is 1. The molecule has 2 rings (SSSR count). The largest absolute Gasteiger partial charge is 0.478 e. The smallest absolute Gasteiger partial charge is 0.328 e. The summed E-state index contributed by atoms with van der Waals surface area (Å²) in [7, 11) is 0. The number of aliphatic carboxylic acids is 1. The lowest BCUT2D eigenvalue weighted by Crippen LogP contribution is -2.58. The third-order valence-electron chi connectivity index (χ3n) is 2.91. The van der Waals surface area contributed by atoms with Crippen LogP contribution in [0.4, 0.5) is 0 Å². The van der Waals surface area contributed by atoms with Gasteiger partial charge >= 0.3 is 5.97 Å². The predicted octanol–water partition coefficient (Wildman–Crippen LogP) is 0.333. The molecule has 0 saturated carbocycles. The van der Waals surface area contributed by atoms with Crippen molar-refractivity contribution >= 4 is 41.1 Å². The Labute approximate surface area is 123 Å². The van der Waals surface area contributed by atoms with Gasteiger partial charge in [-0.1, -0.05) is 0 Å². The zero-order valence-electron chi connectivity index (χ0n) is 11.0. The van der Waals surface area contributed by atoms with Crippen LogP contribution in [-0.4, -0.2) is 46.3 Å². The van der Waals surface area contributed by atoms with E-state index in [0.29, 0.717) is 9.75 Å². The Balaban J connectivity index is 2.18. The lowest BCUT2D eigenvalue weighted by atomic mass is 10.2. The molecule has 1 saturated heterocycles. The van der Waals surface area contributed by atoms with Crippen LogP contribution >= 0.6 is 11.3 Å². The number of carbonyl (C=O) groups is 4. The van der Waals surface area contributed by atoms with Gasteiger partial charge in [-0.2, -0.15) is 0 Å². The van der Waals surface area contributed by atoms with Crippen molar-refractivity contribution < 1.29 is 24.3 Å². The van der Waals surface area contributed by atoms with Crippen molar-refractivity contribution in [1.82, 2.24) is 10.2 Å². The maximum absolute atomic E-state index is 12.3. The molecule has 7 nitrogen and oxygen atoms in total. The Morgan fingerprint density at radius 2 is 2.14 bits per heavy atom. The number of rotatable bonds is 3. The van der Waals surface area contributed by atoms with Gasteiger partial charge in [0.25, 0.3) is 5.91 Å². The Morgan fingerprint density at radius 1 is 1.43 bits per heavy atom. The molecule has 0 bridgehead atoms. The third kappa shape index (κ3) is 3.34. The molecule has 2 heterocycles. The summed E-state index contributed by atoms with van der Waals surface area (Å²) in [6.07, 6.45) is 2.35. The van der Waals surface area contributed by atoms with Crippen LogP contribution in [0.5, 0.6) is 0 Å². The number of hydrogen-bond donors (Lipinski definition) is 2. The number of nitrogens with one attached hydrogen (secondary N) is 1. The van der Waals surface area contributed by atoms with Crippen molar-refractivity contribution in [3.8, 4) is 0 Å². The van der Waals surface area contributed by atoms with Gasteiger partial charge in [0.1, 0.15) is 12.6 Å². The van der Waals surface area contributed by atoms with Gasteiger partial charge in [-0.3, -0.25) is 19.7 Å². The average Bonchev–Trinajstić information content (AvgIpc) is 2.88. The Morgan fingerprint density at radius 3 is 2.81 bits per heavy atom. The highest BCUT2D eigenvalue weighted by molar-refractivity contribution is 7.14. The molecule has 21 heavy (non-hydrogen) atoms. The van der Waals surface area contributed by atoms with E-state index in [4.69, 9.17) is 5.11 Å². The summed E-state index contributed by atoms with van der Waals surface area (Å²) in [5.74, 6) is -2.54. The molecule has 1 fully saturated rings. The topological polar surface area (TPSA) is 104 Å². The zero-order valence-corrected chi connectivity index (χ0v) is 11.8. The summed E-state index contributed by atoms with van der Waals surface area (Å²) >= 11 is 1.10. The minimum absolute atomic E-state index is 0.177. The van der Waals surface area contributed by atoms with Gasteiger partial charge < -0.3 is 10.0 Å². The van der Waals surface area contributed by atoms with Gasteiger partial charge in [-0.05, 0) is 25.1 Å². The molecule has 0 aromatic carbocycles. The SMILES string of the molecule is CC1C(=O)NC(=O)CN1C(=O)c1ccc(C=CC(=O)O)s1. The molecular formula is C13H12N2O5S. The number of nitrogens with zero attached hydrogens (tertiary/aromatic N) is 1. The third-order valence-corrected chi connectivity index (χ3v) is 3.95. The van der Waals surface area contributed by atoms with Crippen molar-refractivity contribution in [1.29, 1.82) is 0 Å². The number of hydrogen-bond acceptors (Lipinski definition) is 5. The molecule has 0 aliphatic carbocycles. The molecule has 3 amide bonds. The minimum Gasteiger partial charge on any atom is -0.478 e. The maximum atomic E-state index is 12.3. The summed E-state index contributed by atoms with van der Waals surface area (Å²) < 4.78 is 0. The van der Waals surface area contributed by atoms with E-state index in [-0.39, 0.29) is 6.54 Å². The van der Waals surface area contributed by atoms with Crippen molar-refractivity contribution in [3.05, 3.63) is 28.0 Å². The van der Waals surface area contributed by atoms with Gasteiger partial charge in [-0.25, -0.2) is 4.79 Å². The van der Waals surface area contributed by atoms with E-state index in [1.165, 1.54) is 17.0 Å². The highest BCUT2D eigenvalue weighted by Gasteiger charge is 2.34. The first kappa shape index (κ1) is 14.9. The summed E-state index contributed by atoms with van der Waals surface area (Å²) in [5.41, 5.74) is 0. The number of piperazine rings is 1. The first-order chi connectivity index (χ1) is 9.88. The first-order valence-corrected chi connectivity index (χ1v) is 6.85. The number of carbonyl (C=O) groups excluding carboxylic acids is 3. The van der Waals surface area contributed by atoms with E-state index < -0.39 is 29.7 Å². The fraction of sp³-hybridized carbons (Fsp3) is 0.231. The Hall–Kier alpha value is -2.48. The van der Waals surface area contributed by atoms with E-state index >= 15 is 0 Å². The van der Waals surface area contributed by atoms with Crippen molar-refractivity contribution in [3.63, 3.8) is 0 Å². The number of imide groups is 1. The molecule has 1 aromatic heterocycles. The lowest BCUT2D eigenvalue weighted by Gasteiger charge is -2.31. The molecule has 1 aliphatic rings. The van der Waals surface area contributed by atoms with Gasteiger partial charge in [0.15, 0.2) is 0 Å². The molecule has 1 aromatic rings. The van der Waals surface area contributed by atoms with E-state index in [1.54, 1.807) is 13.0 Å². The van der Waals surface area contributed by atoms with Gasteiger partial charge in [-0.15, -0.1) is 11.3 Å². The van der Waals surface area contributed by atoms with Crippen LogP contribution in [0.3, 0.4) is 0 Å². The second-order valence-corrected chi connectivity index (χ2v) is 5.51. The van der Waals surface area contributed by atoms with Crippen LogP contribution in [0, 0.1) is 0 Å². The van der Waals surface area contributed by atoms with Crippen LogP contribution in [0.1, 0.15) is 21.5 Å². The van der Waals surface area contributed by atoms with Crippen LogP contribution in [-0.2, 0) is 14.4 Å². The van der Waals surface area contributed by atoms with Gasteiger partial charge in [0.05, 0.1) is 4.88 Å². The molecule has 110 valence electrons. The normalized spacial score (nSPS) is 18.9. The molecule has 0 radical (unpaired) electrons. The number of amides is 3. The van der Waals surface area contributed by atoms with Crippen molar-refractivity contribution in [2.75, 3.05) is 6.54 Å². The van der Waals surface area contributed by atoms with E-state index in [2.05, 4.69) is 5.32 Å². The number of thiophene rings is 1. The maximum Gasteiger partial charge on any atom is 0.328 e. The zero-order chi connectivity index (χ0) is 15.6. The van der Waals surface area contributed by atoms with Crippen LogP contribution in [0.25, 0.3) is 6.08 Å². The summed E-state index contributed by atoms with van der Waals surface area (Å²) in [5, 5.41) is 10.7. The highest BCUT2D eigenvalue weighted by Crippen LogP contribution is 2.21. The summed E-state index contributed by atoms with van der Waals surface area (Å²) in [4.78, 5) is 47.8. The van der Waals surface area contributed by atoms with E-state index in [1.807, 2.05) is 0 Å². The quantitative estimate of drug-likeness (QED) is 0.619. The fourth-order valence-electron chi connectivity index (χ4n) is 1.81. The molecule has 1 aliphatic heterocycles. The van der Waals surface area contributed by atoms with Crippen molar-refractivity contribution in [2.24, 2.45) is 0 Å².